The van der Waals surface area contributed by atoms with Crippen molar-refractivity contribution in [3.05, 3.63) is 77.0 Å². The molecule has 0 saturated heterocycles. The van der Waals surface area contributed by atoms with Gasteiger partial charge in [0.1, 0.15) is 5.60 Å². The van der Waals surface area contributed by atoms with Gasteiger partial charge in [-0.2, -0.15) is 0 Å². The predicted octanol–water partition coefficient (Wildman–Crippen LogP) is 3.19. The molecule has 29 heavy (non-hydrogen) atoms. The fourth-order valence-electron chi connectivity index (χ4n) is 4.98. The van der Waals surface area contributed by atoms with Crippen LogP contribution in [0, 0.1) is 6.92 Å². The third kappa shape index (κ3) is 2.56. The molecule has 1 N–H and O–H groups in total. The maximum absolute atomic E-state index is 13.4. The van der Waals surface area contributed by atoms with E-state index >= 15 is 0 Å². The number of hydrogen-bond acceptors (Lipinski definition) is 4. The second-order valence-corrected chi connectivity index (χ2v) is 10.2. The Kier molecular flexibility index (Phi) is 3.88. The first-order chi connectivity index (χ1) is 13.7. The molecule has 150 valence electrons. The van der Waals surface area contributed by atoms with Gasteiger partial charge in [-0.15, -0.1) is 0 Å². The number of likely N-dealkylation sites (N-methyl/N-ethyl adjacent to an activating group) is 1. The molecule has 2 heterocycles. The Hall–Kier alpha value is -2.41. The van der Waals surface area contributed by atoms with Crippen LogP contribution in [0.1, 0.15) is 23.6 Å². The summed E-state index contributed by atoms with van der Waals surface area (Å²) in [7, 11) is -1.72. The van der Waals surface area contributed by atoms with E-state index in [-0.39, 0.29) is 10.9 Å². The average molecular weight is 409 g/mol. The van der Waals surface area contributed by atoms with Crippen molar-refractivity contribution in [1.29, 1.82) is 0 Å². The van der Waals surface area contributed by atoms with E-state index in [1.54, 1.807) is 18.3 Å². The molecular formula is C23H24N2O3S. The molecule has 0 radical (unpaired) electrons. The van der Waals surface area contributed by atoms with Crippen LogP contribution < -0.4 is 0 Å². The molecule has 5 nitrogen and oxygen atoms in total. The zero-order valence-corrected chi connectivity index (χ0v) is 17.6. The normalized spacial score (nSPS) is 24.4. The van der Waals surface area contributed by atoms with Crippen LogP contribution >= 0.6 is 0 Å². The van der Waals surface area contributed by atoms with Gasteiger partial charge >= 0.3 is 0 Å². The lowest BCUT2D eigenvalue weighted by molar-refractivity contribution is -0.0139. The number of rotatable bonds is 2. The molecule has 2 aliphatic rings. The zero-order valence-electron chi connectivity index (χ0n) is 16.8. The third-order valence-corrected chi connectivity index (χ3v) is 7.99. The summed E-state index contributed by atoms with van der Waals surface area (Å²) in [5.74, 6) is 0. The Labute approximate surface area is 170 Å². The van der Waals surface area contributed by atoms with E-state index in [2.05, 4.69) is 4.90 Å². The largest absolute Gasteiger partial charge is 0.379 e. The van der Waals surface area contributed by atoms with Crippen LogP contribution in [0.15, 0.2) is 65.2 Å². The molecule has 0 bridgehead atoms. The number of aromatic nitrogens is 1. The van der Waals surface area contributed by atoms with Crippen LogP contribution in [0.25, 0.3) is 10.9 Å². The highest BCUT2D eigenvalue weighted by atomic mass is 32.2. The van der Waals surface area contributed by atoms with Crippen LogP contribution in [0.3, 0.4) is 0 Å². The van der Waals surface area contributed by atoms with Crippen molar-refractivity contribution >= 4 is 20.9 Å². The third-order valence-electron chi connectivity index (χ3n) is 6.30. The summed E-state index contributed by atoms with van der Waals surface area (Å²) in [5, 5.41) is 12.5. The fraction of sp³-hybridized carbons (Fsp3) is 0.304. The summed E-state index contributed by atoms with van der Waals surface area (Å²) < 4.78 is 28.2. The molecule has 0 saturated carbocycles. The van der Waals surface area contributed by atoms with Crippen molar-refractivity contribution in [2.24, 2.45) is 0 Å². The van der Waals surface area contributed by atoms with Gasteiger partial charge in [-0.1, -0.05) is 35.4 Å². The Morgan fingerprint density at radius 1 is 1.10 bits per heavy atom. The van der Waals surface area contributed by atoms with Crippen molar-refractivity contribution in [3.63, 3.8) is 0 Å². The first kappa shape index (κ1) is 18.6. The molecule has 2 atom stereocenters. The van der Waals surface area contributed by atoms with Crippen LogP contribution in [-0.2, 0) is 22.0 Å². The van der Waals surface area contributed by atoms with Gasteiger partial charge in [0.25, 0.3) is 10.0 Å². The van der Waals surface area contributed by atoms with Gasteiger partial charge in [-0.3, -0.25) is 4.90 Å². The number of aliphatic hydroxyl groups is 1. The van der Waals surface area contributed by atoms with Gasteiger partial charge in [0.05, 0.1) is 16.5 Å². The van der Waals surface area contributed by atoms with Crippen LogP contribution in [0.5, 0.6) is 0 Å². The topological polar surface area (TPSA) is 62.5 Å². The zero-order chi connectivity index (χ0) is 20.6. The highest BCUT2D eigenvalue weighted by molar-refractivity contribution is 7.90. The first-order valence-electron chi connectivity index (χ1n) is 9.78. The molecule has 2 aromatic carbocycles. The van der Waals surface area contributed by atoms with Crippen molar-refractivity contribution in [2.45, 2.75) is 36.8 Å². The number of aryl methyl sites for hydroxylation is 1. The lowest BCUT2D eigenvalue weighted by Gasteiger charge is -2.46. The van der Waals surface area contributed by atoms with E-state index in [1.165, 1.54) is 3.97 Å². The van der Waals surface area contributed by atoms with Gasteiger partial charge < -0.3 is 5.11 Å². The molecule has 0 fully saturated rings. The molecular weight excluding hydrogens is 384 g/mol. The van der Waals surface area contributed by atoms with Gasteiger partial charge in [-0.05, 0) is 62.7 Å². The molecule has 0 unspecified atom stereocenters. The predicted molar refractivity (Wildman–Crippen MR) is 113 cm³/mol. The summed E-state index contributed by atoms with van der Waals surface area (Å²) in [6.07, 6.45) is 4.28. The molecule has 0 amide bonds. The van der Waals surface area contributed by atoms with E-state index in [9.17, 15) is 13.5 Å². The van der Waals surface area contributed by atoms with E-state index < -0.39 is 15.6 Å². The number of benzene rings is 2. The Morgan fingerprint density at radius 3 is 2.55 bits per heavy atom. The maximum Gasteiger partial charge on any atom is 0.268 e. The van der Waals surface area contributed by atoms with Crippen LogP contribution in [-0.4, -0.2) is 42.0 Å². The van der Waals surface area contributed by atoms with E-state index in [0.717, 1.165) is 34.2 Å². The minimum Gasteiger partial charge on any atom is -0.379 e. The second kappa shape index (κ2) is 6.05. The average Bonchev–Trinajstić information content (AvgIpc) is 3.04. The number of fused-ring (bicyclic) bond motifs is 2. The van der Waals surface area contributed by atoms with E-state index in [4.69, 9.17) is 0 Å². The minimum atomic E-state index is -3.73. The van der Waals surface area contributed by atoms with Gasteiger partial charge in [0.15, 0.2) is 0 Å². The molecule has 0 spiro atoms. The Morgan fingerprint density at radius 2 is 1.83 bits per heavy atom. The first-order valence-corrected chi connectivity index (χ1v) is 11.2. The van der Waals surface area contributed by atoms with Crippen LogP contribution in [0.4, 0.5) is 0 Å². The van der Waals surface area contributed by atoms with Crippen molar-refractivity contribution in [2.75, 3.05) is 13.6 Å². The van der Waals surface area contributed by atoms with Crippen LogP contribution in [0.2, 0.25) is 0 Å². The monoisotopic (exact) mass is 408 g/mol. The van der Waals surface area contributed by atoms with E-state index in [0.29, 0.717) is 11.9 Å². The lowest BCUT2D eigenvalue weighted by atomic mass is 9.73. The van der Waals surface area contributed by atoms with Crippen molar-refractivity contribution in [1.82, 2.24) is 8.87 Å². The summed E-state index contributed by atoms with van der Waals surface area (Å²) in [6.45, 7) is 4.75. The maximum atomic E-state index is 13.4. The van der Waals surface area contributed by atoms with Crippen molar-refractivity contribution in [3.8, 4) is 0 Å². The molecule has 3 aromatic rings. The van der Waals surface area contributed by atoms with E-state index in [1.807, 2.05) is 57.3 Å². The highest BCUT2D eigenvalue weighted by Gasteiger charge is 2.46. The summed E-state index contributed by atoms with van der Waals surface area (Å²) >= 11 is 0. The van der Waals surface area contributed by atoms with Gasteiger partial charge in [-0.25, -0.2) is 12.4 Å². The number of hydrogen-bond donors (Lipinski definition) is 1. The lowest BCUT2D eigenvalue weighted by Crippen LogP contribution is -2.54. The summed E-state index contributed by atoms with van der Waals surface area (Å²) in [4.78, 5) is 2.42. The molecule has 1 aliphatic carbocycles. The quantitative estimate of drug-likeness (QED) is 0.662. The highest BCUT2D eigenvalue weighted by Crippen LogP contribution is 2.45. The second-order valence-electron chi connectivity index (χ2n) is 8.42. The molecule has 1 aromatic heterocycles. The minimum absolute atomic E-state index is 0.123. The fourth-order valence-corrected chi connectivity index (χ4v) is 6.37. The SMILES string of the molecule is CC1=C[C@@]2(O)c3cccc4c3c(cn4S(=O)(=O)c3ccc(C)cc3)C[C@H]2N(C)C1. The van der Waals surface area contributed by atoms with Gasteiger partial charge in [0.2, 0.25) is 0 Å². The Balaban J connectivity index is 1.77. The molecule has 6 heteroatoms. The van der Waals surface area contributed by atoms with Gasteiger partial charge in [0, 0.05) is 18.1 Å². The standard InChI is InChI=1S/C23H24N2O3S/c1-15-7-9-18(10-8-15)29(27,28)25-14-17-11-21-23(26,12-16(2)13-24(21)3)19-5-4-6-20(25)22(17)19/h4-10,12,14,21,26H,11,13H2,1-3H3/t21-,23-/m1/s1. The molecule has 1 aliphatic heterocycles. The molecule has 5 rings (SSSR count). The Bertz CT molecular complexity index is 1270. The summed E-state index contributed by atoms with van der Waals surface area (Å²) in [6, 6.07) is 12.4. The number of nitrogens with zero attached hydrogens (tertiary/aromatic N) is 2. The smallest absolute Gasteiger partial charge is 0.268 e. The summed E-state index contributed by atoms with van der Waals surface area (Å²) in [5.41, 5.74) is 3.36. The van der Waals surface area contributed by atoms with Crippen molar-refractivity contribution < 1.29 is 13.5 Å².